The minimum absolute atomic E-state index is 0.263. The molecule has 0 spiro atoms. The summed E-state index contributed by atoms with van der Waals surface area (Å²) in [7, 11) is -1.72. The van der Waals surface area contributed by atoms with E-state index in [2.05, 4.69) is 58.8 Å². The molecule has 23 heavy (non-hydrogen) atoms. The standard InChI is InChI=1S/C19H34N2OSi/c1-13-10-15(16-8-9-21-12-17(16)20)11-14(2)18(13)22-23(6,7)19(3,4)5/h8-9,12-15,18H,10-11,20H2,1-7H3/t13-,14+,15?,18?. The summed E-state index contributed by atoms with van der Waals surface area (Å²) in [6, 6.07) is 2.09. The fourth-order valence-corrected chi connectivity index (χ4v) is 5.11. The molecule has 0 aliphatic heterocycles. The maximum Gasteiger partial charge on any atom is 0.192 e. The molecule has 4 atom stereocenters. The van der Waals surface area contributed by atoms with Crippen molar-refractivity contribution in [3.8, 4) is 0 Å². The van der Waals surface area contributed by atoms with Crippen LogP contribution in [-0.4, -0.2) is 19.4 Å². The maximum absolute atomic E-state index is 6.78. The molecule has 0 aromatic carbocycles. The highest BCUT2D eigenvalue weighted by molar-refractivity contribution is 6.74. The van der Waals surface area contributed by atoms with E-state index < -0.39 is 8.32 Å². The average molecular weight is 335 g/mol. The molecule has 2 unspecified atom stereocenters. The van der Waals surface area contributed by atoms with Crippen molar-refractivity contribution in [3.63, 3.8) is 0 Å². The Bertz CT molecular complexity index is 526. The van der Waals surface area contributed by atoms with Gasteiger partial charge in [0.15, 0.2) is 8.32 Å². The zero-order valence-electron chi connectivity index (χ0n) is 15.9. The quantitative estimate of drug-likeness (QED) is 0.772. The molecule has 0 amide bonds. The van der Waals surface area contributed by atoms with Crippen LogP contribution in [0.3, 0.4) is 0 Å². The Morgan fingerprint density at radius 3 is 2.22 bits per heavy atom. The van der Waals surface area contributed by atoms with Gasteiger partial charge in [-0.15, -0.1) is 0 Å². The topological polar surface area (TPSA) is 48.1 Å². The van der Waals surface area contributed by atoms with E-state index in [-0.39, 0.29) is 5.04 Å². The maximum atomic E-state index is 6.78. The summed E-state index contributed by atoms with van der Waals surface area (Å²) in [4.78, 5) is 4.12. The molecular weight excluding hydrogens is 300 g/mol. The minimum atomic E-state index is -1.72. The fraction of sp³-hybridized carbons (Fsp3) is 0.737. The van der Waals surface area contributed by atoms with Crippen molar-refractivity contribution >= 4 is 14.0 Å². The van der Waals surface area contributed by atoms with Crippen LogP contribution >= 0.6 is 0 Å². The molecule has 1 aliphatic carbocycles. The number of aromatic nitrogens is 1. The van der Waals surface area contributed by atoms with Gasteiger partial charge in [0.1, 0.15) is 0 Å². The van der Waals surface area contributed by atoms with Crippen LogP contribution in [0.1, 0.15) is 58.9 Å². The first-order chi connectivity index (χ1) is 10.5. The van der Waals surface area contributed by atoms with Gasteiger partial charge in [-0.3, -0.25) is 4.98 Å². The van der Waals surface area contributed by atoms with Crippen molar-refractivity contribution < 1.29 is 4.43 Å². The second-order valence-corrected chi connectivity index (χ2v) is 13.7. The highest BCUT2D eigenvalue weighted by Gasteiger charge is 2.43. The molecule has 1 aromatic heterocycles. The Hall–Kier alpha value is -0.873. The van der Waals surface area contributed by atoms with Crippen molar-refractivity contribution in [2.75, 3.05) is 5.73 Å². The van der Waals surface area contributed by atoms with Crippen LogP contribution in [0.4, 0.5) is 5.69 Å². The second kappa shape index (κ2) is 6.56. The largest absolute Gasteiger partial charge is 0.413 e. The second-order valence-electron chi connectivity index (χ2n) is 8.97. The van der Waals surface area contributed by atoms with Gasteiger partial charge in [-0.1, -0.05) is 34.6 Å². The number of nitrogen functional groups attached to an aromatic ring is 1. The summed E-state index contributed by atoms with van der Waals surface area (Å²) >= 11 is 0. The molecular formula is C19H34N2OSi. The van der Waals surface area contributed by atoms with Gasteiger partial charge in [0.25, 0.3) is 0 Å². The average Bonchev–Trinajstić information content (AvgIpc) is 2.42. The monoisotopic (exact) mass is 334 g/mol. The van der Waals surface area contributed by atoms with Crippen LogP contribution in [0.15, 0.2) is 18.5 Å². The number of hydrogen-bond acceptors (Lipinski definition) is 3. The zero-order valence-corrected chi connectivity index (χ0v) is 16.9. The molecule has 4 heteroatoms. The van der Waals surface area contributed by atoms with Crippen molar-refractivity contribution in [2.24, 2.45) is 11.8 Å². The molecule has 1 saturated carbocycles. The molecule has 1 aromatic rings. The molecule has 0 bridgehead atoms. The van der Waals surface area contributed by atoms with Gasteiger partial charge < -0.3 is 10.2 Å². The molecule has 2 rings (SSSR count). The van der Waals surface area contributed by atoms with E-state index in [1.807, 2.05) is 6.20 Å². The highest BCUT2D eigenvalue weighted by Crippen LogP contribution is 2.45. The first-order valence-corrected chi connectivity index (χ1v) is 11.8. The number of pyridine rings is 1. The van der Waals surface area contributed by atoms with Crippen LogP contribution < -0.4 is 5.73 Å². The first-order valence-electron chi connectivity index (χ1n) is 8.90. The molecule has 1 aliphatic rings. The third kappa shape index (κ3) is 3.97. The third-order valence-electron chi connectivity index (χ3n) is 6.00. The molecule has 1 fully saturated rings. The van der Waals surface area contributed by atoms with Gasteiger partial charge in [-0.2, -0.15) is 0 Å². The number of anilines is 1. The van der Waals surface area contributed by atoms with Gasteiger partial charge in [0.05, 0.1) is 18.0 Å². The zero-order chi connectivity index (χ0) is 17.4. The van der Waals surface area contributed by atoms with E-state index in [0.29, 0.717) is 23.9 Å². The van der Waals surface area contributed by atoms with E-state index in [9.17, 15) is 0 Å². The summed E-state index contributed by atoms with van der Waals surface area (Å²) in [5.41, 5.74) is 8.25. The van der Waals surface area contributed by atoms with Crippen LogP contribution in [0.5, 0.6) is 0 Å². The summed E-state index contributed by atoms with van der Waals surface area (Å²) in [5, 5.41) is 0.263. The lowest BCUT2D eigenvalue weighted by Gasteiger charge is -2.46. The molecule has 0 radical (unpaired) electrons. The van der Waals surface area contributed by atoms with Crippen molar-refractivity contribution in [3.05, 3.63) is 24.0 Å². The first kappa shape index (κ1) is 18.5. The van der Waals surface area contributed by atoms with Gasteiger partial charge in [-0.25, -0.2) is 0 Å². The summed E-state index contributed by atoms with van der Waals surface area (Å²) in [6.07, 6.45) is 6.31. The van der Waals surface area contributed by atoms with Gasteiger partial charge in [0.2, 0.25) is 0 Å². The highest BCUT2D eigenvalue weighted by atomic mass is 28.4. The van der Waals surface area contributed by atoms with Crippen LogP contribution in [0, 0.1) is 11.8 Å². The number of hydrogen-bond donors (Lipinski definition) is 1. The Balaban J connectivity index is 2.13. The summed E-state index contributed by atoms with van der Waals surface area (Å²) in [6.45, 7) is 16.4. The van der Waals surface area contributed by atoms with E-state index in [0.717, 1.165) is 18.5 Å². The predicted octanol–water partition coefficient (Wildman–Crippen LogP) is 5.20. The van der Waals surface area contributed by atoms with Crippen molar-refractivity contribution in [1.29, 1.82) is 0 Å². The molecule has 3 nitrogen and oxygen atoms in total. The van der Waals surface area contributed by atoms with Crippen LogP contribution in [-0.2, 0) is 4.43 Å². The minimum Gasteiger partial charge on any atom is -0.413 e. The molecule has 1 heterocycles. The summed E-state index contributed by atoms with van der Waals surface area (Å²) in [5.74, 6) is 1.65. The van der Waals surface area contributed by atoms with Gasteiger partial charge >= 0.3 is 0 Å². The van der Waals surface area contributed by atoms with E-state index in [1.165, 1.54) is 5.56 Å². The van der Waals surface area contributed by atoms with E-state index >= 15 is 0 Å². The lowest BCUT2D eigenvalue weighted by Crippen LogP contribution is -2.49. The van der Waals surface area contributed by atoms with Gasteiger partial charge in [-0.05, 0) is 60.4 Å². The lowest BCUT2D eigenvalue weighted by molar-refractivity contribution is 0.0349. The molecule has 130 valence electrons. The van der Waals surface area contributed by atoms with Crippen molar-refractivity contribution in [2.45, 2.75) is 77.6 Å². The van der Waals surface area contributed by atoms with Crippen LogP contribution in [0.25, 0.3) is 0 Å². The molecule has 2 N–H and O–H groups in total. The normalized spacial score (nSPS) is 29.5. The summed E-state index contributed by atoms with van der Waals surface area (Å²) < 4.78 is 6.78. The molecule has 0 saturated heterocycles. The number of nitrogens with zero attached hydrogens (tertiary/aromatic N) is 1. The Kier molecular flexibility index (Phi) is 5.26. The lowest BCUT2D eigenvalue weighted by atomic mass is 9.72. The predicted molar refractivity (Wildman–Crippen MR) is 101 cm³/mol. The Morgan fingerprint density at radius 1 is 1.17 bits per heavy atom. The van der Waals surface area contributed by atoms with Crippen molar-refractivity contribution in [1.82, 2.24) is 4.98 Å². The third-order valence-corrected chi connectivity index (χ3v) is 10.5. The van der Waals surface area contributed by atoms with Crippen LogP contribution in [0.2, 0.25) is 18.1 Å². The van der Waals surface area contributed by atoms with Gasteiger partial charge in [0, 0.05) is 6.20 Å². The SMILES string of the molecule is C[C@@H]1CC(c2ccncc2N)C[C@H](C)C1O[Si](C)(C)C(C)(C)C. The number of nitrogens with two attached hydrogens (primary N) is 1. The Labute approximate surface area is 143 Å². The number of rotatable bonds is 3. The van der Waals surface area contributed by atoms with E-state index in [1.54, 1.807) is 6.20 Å². The van der Waals surface area contributed by atoms with E-state index in [4.69, 9.17) is 10.2 Å². The smallest absolute Gasteiger partial charge is 0.192 e. The fourth-order valence-electron chi connectivity index (χ4n) is 3.62. The Morgan fingerprint density at radius 2 is 1.74 bits per heavy atom.